The second-order valence-corrected chi connectivity index (χ2v) is 5.03. The zero-order valence-electron chi connectivity index (χ0n) is 10.5. The molecule has 0 unspecified atom stereocenters. The van der Waals surface area contributed by atoms with Crippen LogP contribution in [0, 0.1) is 6.92 Å². The van der Waals surface area contributed by atoms with Crippen LogP contribution in [-0.2, 0) is 4.79 Å². The van der Waals surface area contributed by atoms with Crippen molar-refractivity contribution in [3.8, 4) is 0 Å². The topological polar surface area (TPSA) is 63.4 Å². The van der Waals surface area contributed by atoms with E-state index in [2.05, 4.69) is 0 Å². The maximum absolute atomic E-state index is 11.9. The number of nitrogens with zero attached hydrogens (tertiary/aromatic N) is 1. The van der Waals surface area contributed by atoms with Crippen molar-refractivity contribution in [2.75, 3.05) is 13.1 Å². The minimum Gasteiger partial charge on any atom is -0.329 e. The van der Waals surface area contributed by atoms with Crippen LogP contribution in [0.25, 0.3) is 6.08 Å². The lowest BCUT2D eigenvalue weighted by Gasteiger charge is -2.09. The fourth-order valence-corrected chi connectivity index (χ4v) is 2.50. The number of hydrogen-bond acceptors (Lipinski definition) is 4. The molecule has 1 heterocycles. The van der Waals surface area contributed by atoms with Crippen LogP contribution < -0.4 is 5.73 Å². The summed E-state index contributed by atoms with van der Waals surface area (Å²) in [4.78, 5) is 25.2. The summed E-state index contributed by atoms with van der Waals surface area (Å²) in [5, 5.41) is -0.246. The van der Waals surface area contributed by atoms with Gasteiger partial charge < -0.3 is 5.73 Å². The van der Waals surface area contributed by atoms with Crippen LogP contribution in [-0.4, -0.2) is 29.1 Å². The minimum absolute atomic E-state index is 0. The molecule has 0 aliphatic carbocycles. The van der Waals surface area contributed by atoms with Gasteiger partial charge in [0, 0.05) is 13.1 Å². The normalized spacial score (nSPS) is 16.9. The number of thioether (sulfide) groups is 1. The molecule has 0 saturated carbocycles. The SMILES string of the molecule is Cc1ccc(/C=C2/SC(=O)N(CCN)C2=O)cc1.Cl. The number of imide groups is 1. The largest absolute Gasteiger partial charge is 0.329 e. The Bertz CT molecular complexity index is 514. The van der Waals surface area contributed by atoms with Crippen LogP contribution in [0.15, 0.2) is 29.2 Å². The molecule has 2 amide bonds. The van der Waals surface area contributed by atoms with Gasteiger partial charge in [-0.3, -0.25) is 14.5 Å². The molecule has 2 rings (SSSR count). The van der Waals surface area contributed by atoms with E-state index in [9.17, 15) is 9.59 Å². The van der Waals surface area contributed by atoms with Gasteiger partial charge in [-0.15, -0.1) is 12.4 Å². The number of carbonyl (C=O) groups is 2. The molecule has 1 aliphatic rings. The summed E-state index contributed by atoms with van der Waals surface area (Å²) < 4.78 is 0. The van der Waals surface area contributed by atoms with Crippen LogP contribution in [0.3, 0.4) is 0 Å². The highest BCUT2D eigenvalue weighted by Crippen LogP contribution is 2.31. The van der Waals surface area contributed by atoms with E-state index in [-0.39, 0.29) is 36.6 Å². The summed E-state index contributed by atoms with van der Waals surface area (Å²) >= 11 is 0.964. The number of nitrogens with two attached hydrogens (primary N) is 1. The molecule has 4 nitrogen and oxygen atoms in total. The van der Waals surface area contributed by atoms with Gasteiger partial charge in [0.15, 0.2) is 0 Å². The van der Waals surface area contributed by atoms with Gasteiger partial charge in [-0.25, -0.2) is 0 Å². The van der Waals surface area contributed by atoms with E-state index in [0.717, 1.165) is 22.9 Å². The van der Waals surface area contributed by atoms with Crippen LogP contribution >= 0.6 is 24.2 Å². The van der Waals surface area contributed by atoms with Gasteiger partial charge in [-0.2, -0.15) is 0 Å². The van der Waals surface area contributed by atoms with Gasteiger partial charge in [0.05, 0.1) is 4.91 Å². The number of halogens is 1. The van der Waals surface area contributed by atoms with Gasteiger partial charge in [-0.1, -0.05) is 29.8 Å². The Kier molecular flexibility index (Phi) is 5.60. The van der Waals surface area contributed by atoms with E-state index in [1.54, 1.807) is 6.08 Å². The Morgan fingerprint density at radius 1 is 1.26 bits per heavy atom. The molecule has 102 valence electrons. The van der Waals surface area contributed by atoms with Crippen molar-refractivity contribution in [3.05, 3.63) is 40.3 Å². The summed E-state index contributed by atoms with van der Waals surface area (Å²) in [7, 11) is 0. The molecule has 0 radical (unpaired) electrons. The summed E-state index contributed by atoms with van der Waals surface area (Å²) in [6.07, 6.45) is 1.74. The second kappa shape index (κ2) is 6.75. The molecule has 6 heteroatoms. The van der Waals surface area contributed by atoms with Crippen LogP contribution in [0.5, 0.6) is 0 Å². The number of benzene rings is 1. The Balaban J connectivity index is 0.00000180. The lowest BCUT2D eigenvalue weighted by Crippen LogP contribution is -2.33. The first-order chi connectivity index (χ1) is 8.61. The van der Waals surface area contributed by atoms with E-state index < -0.39 is 0 Å². The van der Waals surface area contributed by atoms with Crippen molar-refractivity contribution in [1.82, 2.24) is 4.90 Å². The number of amides is 2. The van der Waals surface area contributed by atoms with E-state index in [4.69, 9.17) is 5.73 Å². The van der Waals surface area contributed by atoms with Gasteiger partial charge in [0.2, 0.25) is 0 Å². The smallest absolute Gasteiger partial charge is 0.293 e. The molecule has 19 heavy (non-hydrogen) atoms. The average molecular weight is 299 g/mol. The molecule has 1 aromatic rings. The molecule has 1 saturated heterocycles. The number of rotatable bonds is 3. The number of aryl methyl sites for hydroxylation is 1. The highest BCUT2D eigenvalue weighted by Gasteiger charge is 2.34. The fraction of sp³-hybridized carbons (Fsp3) is 0.231. The van der Waals surface area contributed by atoms with Crippen LogP contribution in [0.2, 0.25) is 0 Å². The molecule has 1 fully saturated rings. The summed E-state index contributed by atoms with van der Waals surface area (Å²) in [5.41, 5.74) is 7.44. The van der Waals surface area contributed by atoms with Gasteiger partial charge in [0.1, 0.15) is 0 Å². The summed E-state index contributed by atoms with van der Waals surface area (Å²) in [6, 6.07) is 7.78. The first kappa shape index (κ1) is 15.8. The predicted molar refractivity (Wildman–Crippen MR) is 80.2 cm³/mol. The predicted octanol–water partition coefficient (Wildman–Crippen LogP) is 2.41. The quantitative estimate of drug-likeness (QED) is 0.871. The van der Waals surface area contributed by atoms with Crippen molar-refractivity contribution in [2.45, 2.75) is 6.92 Å². The zero-order chi connectivity index (χ0) is 13.1. The van der Waals surface area contributed by atoms with E-state index in [0.29, 0.717) is 4.91 Å². The fourth-order valence-electron chi connectivity index (χ4n) is 1.64. The van der Waals surface area contributed by atoms with E-state index in [1.807, 2.05) is 31.2 Å². The Labute approximate surface area is 122 Å². The van der Waals surface area contributed by atoms with E-state index in [1.165, 1.54) is 4.90 Å². The van der Waals surface area contributed by atoms with E-state index >= 15 is 0 Å². The zero-order valence-corrected chi connectivity index (χ0v) is 12.1. The molecule has 2 N–H and O–H groups in total. The highest BCUT2D eigenvalue weighted by atomic mass is 35.5. The van der Waals surface area contributed by atoms with Crippen molar-refractivity contribution in [3.63, 3.8) is 0 Å². The molecule has 0 aromatic heterocycles. The number of hydrogen-bond donors (Lipinski definition) is 1. The monoisotopic (exact) mass is 298 g/mol. The van der Waals surface area contributed by atoms with Crippen molar-refractivity contribution >= 4 is 41.4 Å². The summed E-state index contributed by atoms with van der Waals surface area (Å²) in [6.45, 7) is 2.56. The van der Waals surface area contributed by atoms with Gasteiger partial charge >= 0.3 is 0 Å². The lowest BCUT2D eigenvalue weighted by molar-refractivity contribution is -0.122. The standard InChI is InChI=1S/C13H14N2O2S.ClH/c1-9-2-4-10(5-3-9)8-11-12(16)15(7-6-14)13(17)18-11;/h2-5,8H,6-7,14H2,1H3;1H/b11-8+;. The molecule has 1 aliphatic heterocycles. The molecule has 0 bridgehead atoms. The lowest BCUT2D eigenvalue weighted by atomic mass is 10.1. The molecule has 1 aromatic carbocycles. The average Bonchev–Trinajstić information content (AvgIpc) is 2.60. The molecule has 0 spiro atoms. The molecular formula is C13H15ClN2O2S. The maximum Gasteiger partial charge on any atom is 0.293 e. The minimum atomic E-state index is -0.254. The van der Waals surface area contributed by atoms with Crippen LogP contribution in [0.4, 0.5) is 4.79 Å². The Morgan fingerprint density at radius 2 is 1.89 bits per heavy atom. The first-order valence-electron chi connectivity index (χ1n) is 5.64. The maximum atomic E-state index is 11.9. The highest BCUT2D eigenvalue weighted by molar-refractivity contribution is 8.18. The van der Waals surface area contributed by atoms with Crippen LogP contribution in [0.1, 0.15) is 11.1 Å². The molecule has 0 atom stereocenters. The third-order valence-corrected chi connectivity index (χ3v) is 3.51. The second-order valence-electron chi connectivity index (χ2n) is 4.03. The third kappa shape index (κ3) is 3.59. The van der Waals surface area contributed by atoms with Gasteiger partial charge in [0.25, 0.3) is 11.1 Å². The Hall–Kier alpha value is -1.30. The van der Waals surface area contributed by atoms with Gasteiger partial charge in [-0.05, 0) is 30.3 Å². The first-order valence-corrected chi connectivity index (χ1v) is 6.45. The van der Waals surface area contributed by atoms with Crippen molar-refractivity contribution in [2.24, 2.45) is 5.73 Å². The molecular weight excluding hydrogens is 284 g/mol. The summed E-state index contributed by atoms with van der Waals surface area (Å²) in [5.74, 6) is -0.254. The van der Waals surface area contributed by atoms with Crippen molar-refractivity contribution < 1.29 is 9.59 Å². The number of carbonyl (C=O) groups excluding carboxylic acids is 2. The Morgan fingerprint density at radius 3 is 2.47 bits per heavy atom. The van der Waals surface area contributed by atoms with Crippen molar-refractivity contribution in [1.29, 1.82) is 0 Å². The third-order valence-electron chi connectivity index (χ3n) is 2.60.